The molecule has 0 saturated heterocycles. The average molecular weight is 461 g/mol. The Morgan fingerprint density at radius 2 is 2.06 bits per heavy atom. The number of aromatic nitrogens is 4. The predicted molar refractivity (Wildman–Crippen MR) is 116 cm³/mol. The van der Waals surface area contributed by atoms with E-state index in [0.29, 0.717) is 22.4 Å². The van der Waals surface area contributed by atoms with E-state index in [9.17, 15) is 13.6 Å². The Morgan fingerprint density at radius 3 is 2.72 bits per heavy atom. The molecular formula is C21H22F2N6O2S. The minimum Gasteiger partial charge on any atom is -0.489 e. The Balaban J connectivity index is 1.48. The van der Waals surface area contributed by atoms with E-state index >= 15 is 0 Å². The summed E-state index contributed by atoms with van der Waals surface area (Å²) in [5, 5.41) is 3.44. The predicted octanol–water partition coefficient (Wildman–Crippen LogP) is 4.40. The van der Waals surface area contributed by atoms with Gasteiger partial charge in [-0.05, 0) is 38.1 Å². The maximum atomic E-state index is 13.2. The SMILES string of the molecule is CC(C)Oc1ccc(-c2nsc(Nc3ncccc3C(=O)N(C)C3CC(F)(F)C3)n2)nc1. The third kappa shape index (κ3) is 4.82. The minimum atomic E-state index is -2.70. The molecule has 1 amide bonds. The van der Waals surface area contributed by atoms with E-state index in [1.165, 1.54) is 18.1 Å². The zero-order valence-corrected chi connectivity index (χ0v) is 18.6. The van der Waals surface area contributed by atoms with Gasteiger partial charge in [-0.25, -0.2) is 18.7 Å². The van der Waals surface area contributed by atoms with Crippen LogP contribution in [0.1, 0.15) is 37.0 Å². The average Bonchev–Trinajstić information content (AvgIpc) is 3.20. The van der Waals surface area contributed by atoms with Crippen LogP contribution in [0.15, 0.2) is 36.7 Å². The normalized spacial score (nSPS) is 15.3. The van der Waals surface area contributed by atoms with Crippen LogP contribution in [0.4, 0.5) is 19.7 Å². The lowest BCUT2D eigenvalue weighted by Crippen LogP contribution is -2.51. The van der Waals surface area contributed by atoms with Crippen LogP contribution < -0.4 is 10.1 Å². The molecule has 0 spiro atoms. The van der Waals surface area contributed by atoms with Crippen molar-refractivity contribution in [2.24, 2.45) is 0 Å². The summed E-state index contributed by atoms with van der Waals surface area (Å²) in [6.07, 6.45) is 2.54. The number of hydrogen-bond donors (Lipinski definition) is 1. The van der Waals surface area contributed by atoms with Gasteiger partial charge in [-0.3, -0.25) is 4.79 Å². The Kier molecular flexibility index (Phi) is 6.00. The fraction of sp³-hybridized carbons (Fsp3) is 0.381. The zero-order chi connectivity index (χ0) is 22.9. The highest BCUT2D eigenvalue weighted by molar-refractivity contribution is 7.09. The van der Waals surface area contributed by atoms with E-state index in [0.717, 1.165) is 11.5 Å². The van der Waals surface area contributed by atoms with E-state index in [4.69, 9.17) is 4.74 Å². The quantitative estimate of drug-likeness (QED) is 0.559. The van der Waals surface area contributed by atoms with Crippen LogP contribution in [0.3, 0.4) is 0 Å². The van der Waals surface area contributed by atoms with E-state index in [1.54, 1.807) is 30.5 Å². The van der Waals surface area contributed by atoms with Gasteiger partial charge in [0.25, 0.3) is 11.8 Å². The van der Waals surface area contributed by atoms with Crippen LogP contribution in [0, 0.1) is 0 Å². The molecule has 32 heavy (non-hydrogen) atoms. The molecular weight excluding hydrogens is 438 g/mol. The molecule has 1 aliphatic carbocycles. The molecule has 1 fully saturated rings. The number of alkyl halides is 2. The molecule has 0 radical (unpaired) electrons. The third-order valence-corrected chi connectivity index (χ3v) is 5.59. The lowest BCUT2D eigenvalue weighted by atomic mass is 9.87. The fourth-order valence-electron chi connectivity index (χ4n) is 3.27. The molecule has 3 heterocycles. The van der Waals surface area contributed by atoms with Crippen molar-refractivity contribution in [3.05, 3.63) is 42.2 Å². The molecule has 3 aromatic rings. The molecule has 11 heteroatoms. The maximum absolute atomic E-state index is 13.2. The molecule has 8 nitrogen and oxygen atoms in total. The number of carbonyl (C=O) groups is 1. The number of nitrogens with zero attached hydrogens (tertiary/aromatic N) is 5. The molecule has 1 N–H and O–H groups in total. The Hall–Kier alpha value is -3.21. The van der Waals surface area contributed by atoms with E-state index in [1.807, 2.05) is 13.8 Å². The first-order valence-corrected chi connectivity index (χ1v) is 10.8. The summed E-state index contributed by atoms with van der Waals surface area (Å²) in [5.74, 6) is -1.72. The summed E-state index contributed by atoms with van der Waals surface area (Å²) in [5.41, 5.74) is 0.851. The van der Waals surface area contributed by atoms with Crippen LogP contribution >= 0.6 is 11.5 Å². The van der Waals surface area contributed by atoms with Gasteiger partial charge in [-0.1, -0.05) is 0 Å². The molecule has 1 saturated carbocycles. The first-order valence-electron chi connectivity index (χ1n) is 10.1. The standard InChI is InChI=1S/C21H22F2N6O2S/c1-12(2)31-14-6-7-16(25-11-14)18-27-20(32-28-18)26-17-15(5-4-8-24-17)19(30)29(3)13-9-21(22,23)10-13/h4-8,11-13H,9-10H2,1-3H3,(H,24,26,27,28). The first-order chi connectivity index (χ1) is 15.2. The molecule has 1 aliphatic rings. The van der Waals surface area contributed by atoms with Crippen molar-refractivity contribution in [1.29, 1.82) is 0 Å². The van der Waals surface area contributed by atoms with Gasteiger partial charge in [0.05, 0.1) is 17.9 Å². The van der Waals surface area contributed by atoms with Gasteiger partial charge in [-0.2, -0.15) is 9.36 Å². The number of rotatable bonds is 7. The van der Waals surface area contributed by atoms with Crippen LogP contribution in [-0.4, -0.2) is 55.2 Å². The number of anilines is 2. The minimum absolute atomic E-state index is 0.0472. The van der Waals surface area contributed by atoms with Crippen molar-refractivity contribution in [3.63, 3.8) is 0 Å². The molecule has 3 aromatic heterocycles. The number of carbonyl (C=O) groups excluding carboxylic acids is 1. The van der Waals surface area contributed by atoms with E-state index in [2.05, 4.69) is 24.6 Å². The lowest BCUT2D eigenvalue weighted by Gasteiger charge is -2.40. The second-order valence-corrected chi connectivity index (χ2v) is 8.58. The van der Waals surface area contributed by atoms with Crippen molar-refractivity contribution in [3.8, 4) is 17.3 Å². The van der Waals surface area contributed by atoms with Gasteiger partial charge in [0.2, 0.25) is 5.13 Å². The summed E-state index contributed by atoms with van der Waals surface area (Å²) in [7, 11) is 1.53. The molecule has 0 unspecified atom stereocenters. The van der Waals surface area contributed by atoms with E-state index in [-0.39, 0.29) is 36.2 Å². The number of amides is 1. The van der Waals surface area contributed by atoms with Crippen LogP contribution in [-0.2, 0) is 0 Å². The van der Waals surface area contributed by atoms with Gasteiger partial charge in [-0.15, -0.1) is 0 Å². The third-order valence-electron chi connectivity index (χ3n) is 4.96. The van der Waals surface area contributed by atoms with Gasteiger partial charge in [0.15, 0.2) is 5.82 Å². The van der Waals surface area contributed by atoms with Crippen LogP contribution in [0.2, 0.25) is 0 Å². The van der Waals surface area contributed by atoms with Crippen molar-refractivity contribution in [1.82, 2.24) is 24.2 Å². The summed E-state index contributed by atoms with van der Waals surface area (Å²) in [6, 6.07) is 6.29. The monoisotopic (exact) mass is 460 g/mol. The topological polar surface area (TPSA) is 93.1 Å². The lowest BCUT2D eigenvalue weighted by molar-refractivity contribution is -0.112. The van der Waals surface area contributed by atoms with Gasteiger partial charge >= 0.3 is 0 Å². The molecule has 0 bridgehead atoms. The highest BCUT2D eigenvalue weighted by Crippen LogP contribution is 2.40. The fourth-order valence-corrected chi connectivity index (χ4v) is 3.85. The molecule has 0 aliphatic heterocycles. The summed E-state index contributed by atoms with van der Waals surface area (Å²) >= 11 is 1.10. The number of halogens is 2. The van der Waals surface area contributed by atoms with Gasteiger partial charge < -0.3 is 15.0 Å². The molecule has 4 rings (SSSR count). The Morgan fingerprint density at radius 1 is 1.28 bits per heavy atom. The first kappa shape index (κ1) is 22.0. The van der Waals surface area contributed by atoms with Crippen LogP contribution in [0.25, 0.3) is 11.5 Å². The highest BCUT2D eigenvalue weighted by Gasteiger charge is 2.48. The summed E-state index contributed by atoms with van der Waals surface area (Å²) < 4.78 is 36.3. The number of ether oxygens (including phenoxy) is 1. The maximum Gasteiger partial charge on any atom is 0.257 e. The Bertz CT molecular complexity index is 1100. The number of pyridine rings is 2. The van der Waals surface area contributed by atoms with Crippen LogP contribution in [0.5, 0.6) is 5.75 Å². The second-order valence-electron chi connectivity index (χ2n) is 7.83. The van der Waals surface area contributed by atoms with E-state index < -0.39 is 12.0 Å². The Labute approximate surface area is 187 Å². The van der Waals surface area contributed by atoms with Crippen molar-refractivity contribution < 1.29 is 18.3 Å². The zero-order valence-electron chi connectivity index (χ0n) is 17.7. The second kappa shape index (κ2) is 8.73. The molecule has 168 valence electrons. The van der Waals surface area contributed by atoms with Crippen molar-refractivity contribution in [2.75, 3.05) is 12.4 Å². The van der Waals surface area contributed by atoms with Crippen molar-refractivity contribution in [2.45, 2.75) is 44.8 Å². The summed E-state index contributed by atoms with van der Waals surface area (Å²) in [4.78, 5) is 27.2. The largest absolute Gasteiger partial charge is 0.489 e. The van der Waals surface area contributed by atoms with Gasteiger partial charge in [0, 0.05) is 43.7 Å². The molecule has 0 atom stereocenters. The molecule has 0 aromatic carbocycles. The van der Waals surface area contributed by atoms with Crippen molar-refractivity contribution >= 4 is 28.4 Å². The van der Waals surface area contributed by atoms with Gasteiger partial charge in [0.1, 0.15) is 17.3 Å². The number of nitrogens with one attached hydrogen (secondary N) is 1. The summed E-state index contributed by atoms with van der Waals surface area (Å²) in [6.45, 7) is 3.87. The highest BCUT2D eigenvalue weighted by atomic mass is 32.1. The smallest absolute Gasteiger partial charge is 0.257 e. The number of hydrogen-bond acceptors (Lipinski definition) is 8.